The number of carbonyl (C=O) groups excluding carboxylic acids is 1. The van der Waals surface area contributed by atoms with Crippen molar-refractivity contribution < 1.29 is 22.7 Å². The topological polar surface area (TPSA) is 68.4 Å². The minimum atomic E-state index is -4.74. The Bertz CT molecular complexity index is 841. The Kier molecular flexibility index (Phi) is 5.88. The fourth-order valence-electron chi connectivity index (χ4n) is 3.39. The number of halogens is 3. The lowest BCUT2D eigenvalue weighted by Crippen LogP contribution is -2.23. The molecule has 1 saturated heterocycles. The third-order valence-corrected chi connectivity index (χ3v) is 4.93. The van der Waals surface area contributed by atoms with Crippen LogP contribution in [0.1, 0.15) is 31.0 Å². The molecule has 1 aliphatic heterocycles. The molecule has 2 N–H and O–H groups in total. The number of hydrogen-bond acceptors (Lipinski definition) is 4. The van der Waals surface area contributed by atoms with Crippen LogP contribution in [0.4, 0.5) is 13.2 Å². The van der Waals surface area contributed by atoms with Crippen LogP contribution in [-0.2, 0) is 4.79 Å². The van der Waals surface area contributed by atoms with E-state index in [2.05, 4.69) is 9.72 Å². The number of likely N-dealkylation sites (tertiary alicyclic amines) is 1. The Balaban J connectivity index is 1.70. The van der Waals surface area contributed by atoms with Crippen LogP contribution in [0.2, 0.25) is 0 Å². The molecule has 0 radical (unpaired) electrons. The second kappa shape index (κ2) is 8.18. The molecule has 0 bridgehead atoms. The molecule has 2 aromatic rings. The summed E-state index contributed by atoms with van der Waals surface area (Å²) in [7, 11) is 1.80. The first-order valence-electron chi connectivity index (χ1n) is 9.05. The second-order valence-electron chi connectivity index (χ2n) is 6.97. The molecular formula is C20H22F3N3O2. The van der Waals surface area contributed by atoms with Gasteiger partial charge < -0.3 is 15.4 Å². The lowest BCUT2D eigenvalue weighted by molar-refractivity contribution is -0.274. The van der Waals surface area contributed by atoms with E-state index >= 15 is 0 Å². The van der Waals surface area contributed by atoms with E-state index in [0.29, 0.717) is 29.7 Å². The molecule has 1 amide bonds. The Morgan fingerprint density at radius 2 is 2.04 bits per heavy atom. The molecule has 0 spiro atoms. The maximum Gasteiger partial charge on any atom is 0.573 e. The third-order valence-electron chi connectivity index (χ3n) is 4.93. The van der Waals surface area contributed by atoms with Gasteiger partial charge in [0.15, 0.2) is 0 Å². The highest BCUT2D eigenvalue weighted by atomic mass is 19.4. The average Bonchev–Trinajstić information content (AvgIpc) is 2.97. The van der Waals surface area contributed by atoms with Gasteiger partial charge in [-0.1, -0.05) is 12.1 Å². The summed E-state index contributed by atoms with van der Waals surface area (Å²) >= 11 is 0. The standard InChI is InChI=1S/C20H22F3N3O2/c1-26-10-8-13(19(26)27)5-6-17(24)18-12-15(7-9-25-18)14-3-2-4-16(11-14)28-20(21,22)23/h2-4,7,9,11-13,17H,5-6,8,10,24H2,1H3/t13-,17-/m1/s1. The summed E-state index contributed by atoms with van der Waals surface area (Å²) in [5.74, 6) is -0.137. The van der Waals surface area contributed by atoms with Crippen LogP contribution in [-0.4, -0.2) is 35.7 Å². The van der Waals surface area contributed by atoms with E-state index in [-0.39, 0.29) is 23.6 Å². The molecule has 0 aliphatic carbocycles. The molecule has 28 heavy (non-hydrogen) atoms. The average molecular weight is 393 g/mol. The van der Waals surface area contributed by atoms with Crippen molar-refractivity contribution in [1.29, 1.82) is 0 Å². The maximum absolute atomic E-state index is 12.4. The SMILES string of the molecule is CN1CC[C@@H](CC[C@@H](N)c2cc(-c3cccc(OC(F)(F)F)c3)ccn2)C1=O. The molecule has 1 aliphatic rings. The second-order valence-corrected chi connectivity index (χ2v) is 6.97. The highest BCUT2D eigenvalue weighted by molar-refractivity contribution is 5.80. The normalized spacial score (nSPS) is 18.4. The van der Waals surface area contributed by atoms with E-state index in [1.807, 2.05) is 0 Å². The summed E-state index contributed by atoms with van der Waals surface area (Å²) in [6.07, 6.45) is -1.03. The number of nitrogens with two attached hydrogens (primary N) is 1. The maximum atomic E-state index is 12.4. The van der Waals surface area contributed by atoms with E-state index < -0.39 is 6.36 Å². The van der Waals surface area contributed by atoms with Crippen LogP contribution in [0.15, 0.2) is 42.6 Å². The number of hydrogen-bond donors (Lipinski definition) is 1. The first kappa shape index (κ1) is 20.1. The van der Waals surface area contributed by atoms with Gasteiger partial charge in [0.2, 0.25) is 5.91 Å². The van der Waals surface area contributed by atoms with Crippen molar-refractivity contribution in [2.75, 3.05) is 13.6 Å². The first-order valence-corrected chi connectivity index (χ1v) is 9.05. The quantitative estimate of drug-likeness (QED) is 0.808. The van der Waals surface area contributed by atoms with Gasteiger partial charge in [-0.3, -0.25) is 9.78 Å². The summed E-state index contributed by atoms with van der Waals surface area (Å²) in [6.45, 7) is 0.767. The van der Waals surface area contributed by atoms with Crippen LogP contribution in [0, 0.1) is 5.92 Å². The lowest BCUT2D eigenvalue weighted by Gasteiger charge is -2.15. The first-order chi connectivity index (χ1) is 13.2. The largest absolute Gasteiger partial charge is 0.573 e. The van der Waals surface area contributed by atoms with Gasteiger partial charge >= 0.3 is 6.36 Å². The molecule has 0 unspecified atom stereocenters. The molecule has 150 valence electrons. The highest BCUT2D eigenvalue weighted by Crippen LogP contribution is 2.30. The number of benzene rings is 1. The predicted molar refractivity (Wildman–Crippen MR) is 98.3 cm³/mol. The Hall–Kier alpha value is -2.61. The van der Waals surface area contributed by atoms with Gasteiger partial charge in [0, 0.05) is 31.7 Å². The fourth-order valence-corrected chi connectivity index (χ4v) is 3.39. The number of amides is 1. The lowest BCUT2D eigenvalue weighted by atomic mass is 9.96. The van der Waals surface area contributed by atoms with Gasteiger partial charge in [0.25, 0.3) is 0 Å². The van der Waals surface area contributed by atoms with Crippen LogP contribution < -0.4 is 10.5 Å². The summed E-state index contributed by atoms with van der Waals surface area (Å²) in [4.78, 5) is 18.0. The summed E-state index contributed by atoms with van der Waals surface area (Å²) in [5.41, 5.74) is 8.16. The number of rotatable bonds is 6. The molecule has 2 heterocycles. The van der Waals surface area contributed by atoms with E-state index in [9.17, 15) is 18.0 Å². The van der Waals surface area contributed by atoms with Crippen molar-refractivity contribution >= 4 is 5.91 Å². The molecule has 5 nitrogen and oxygen atoms in total. The zero-order chi connectivity index (χ0) is 20.3. The number of pyridine rings is 1. The van der Waals surface area contributed by atoms with Gasteiger partial charge in [-0.2, -0.15) is 0 Å². The van der Waals surface area contributed by atoms with Crippen molar-refractivity contribution in [1.82, 2.24) is 9.88 Å². The monoisotopic (exact) mass is 393 g/mol. The zero-order valence-electron chi connectivity index (χ0n) is 15.4. The summed E-state index contributed by atoms with van der Waals surface area (Å²) in [5, 5.41) is 0. The van der Waals surface area contributed by atoms with Crippen molar-refractivity contribution in [3.63, 3.8) is 0 Å². The number of alkyl halides is 3. The number of nitrogens with zero attached hydrogens (tertiary/aromatic N) is 2. The number of aromatic nitrogens is 1. The molecule has 2 atom stereocenters. The van der Waals surface area contributed by atoms with Crippen LogP contribution in [0.3, 0.4) is 0 Å². The molecular weight excluding hydrogens is 371 g/mol. The Morgan fingerprint density at radius 1 is 1.29 bits per heavy atom. The molecule has 1 aromatic heterocycles. The van der Waals surface area contributed by atoms with Gasteiger partial charge in [-0.05, 0) is 54.7 Å². The Morgan fingerprint density at radius 3 is 2.71 bits per heavy atom. The van der Waals surface area contributed by atoms with Crippen molar-refractivity contribution in [2.24, 2.45) is 11.7 Å². The highest BCUT2D eigenvalue weighted by Gasteiger charge is 2.31. The number of carbonyl (C=O) groups is 1. The third kappa shape index (κ3) is 5.01. The smallest absolute Gasteiger partial charge is 0.406 e. The summed E-state index contributed by atoms with van der Waals surface area (Å²) in [6, 6.07) is 8.89. The van der Waals surface area contributed by atoms with Crippen molar-refractivity contribution in [3.8, 4) is 16.9 Å². The van der Waals surface area contributed by atoms with Crippen LogP contribution in [0.25, 0.3) is 11.1 Å². The van der Waals surface area contributed by atoms with Gasteiger partial charge in [0.05, 0.1) is 5.69 Å². The minimum Gasteiger partial charge on any atom is -0.406 e. The van der Waals surface area contributed by atoms with Crippen LogP contribution >= 0.6 is 0 Å². The predicted octanol–water partition coefficient (Wildman–Crippen LogP) is 3.91. The van der Waals surface area contributed by atoms with E-state index in [0.717, 1.165) is 13.0 Å². The fraction of sp³-hybridized carbons (Fsp3) is 0.400. The van der Waals surface area contributed by atoms with E-state index in [1.54, 1.807) is 36.3 Å². The number of ether oxygens (including phenoxy) is 1. The van der Waals surface area contributed by atoms with E-state index in [1.165, 1.54) is 18.2 Å². The van der Waals surface area contributed by atoms with Crippen LogP contribution in [0.5, 0.6) is 5.75 Å². The zero-order valence-corrected chi connectivity index (χ0v) is 15.4. The molecule has 1 aromatic carbocycles. The van der Waals surface area contributed by atoms with Gasteiger partial charge in [-0.15, -0.1) is 13.2 Å². The minimum absolute atomic E-state index is 0.00423. The molecule has 1 fully saturated rings. The molecule has 8 heteroatoms. The van der Waals surface area contributed by atoms with E-state index in [4.69, 9.17) is 5.73 Å². The van der Waals surface area contributed by atoms with Gasteiger partial charge in [0.1, 0.15) is 5.75 Å². The van der Waals surface area contributed by atoms with Crippen molar-refractivity contribution in [2.45, 2.75) is 31.7 Å². The Labute approximate surface area is 161 Å². The van der Waals surface area contributed by atoms with Gasteiger partial charge in [-0.25, -0.2) is 0 Å². The van der Waals surface area contributed by atoms with Crippen molar-refractivity contribution in [3.05, 3.63) is 48.3 Å². The summed E-state index contributed by atoms with van der Waals surface area (Å²) < 4.78 is 41.3. The molecule has 3 rings (SSSR count). The molecule has 0 saturated carbocycles.